The summed E-state index contributed by atoms with van der Waals surface area (Å²) in [7, 11) is -3.48. The largest absolute Gasteiger partial charge is 0.508 e. The maximum atomic E-state index is 13.3. The van der Waals surface area contributed by atoms with Gasteiger partial charge in [-0.15, -0.1) is 0 Å². The van der Waals surface area contributed by atoms with Gasteiger partial charge in [0.15, 0.2) is 0 Å². The molecule has 0 amide bonds. The summed E-state index contributed by atoms with van der Waals surface area (Å²) in [5, 5.41) is 14.0. The van der Waals surface area contributed by atoms with Crippen LogP contribution < -0.4 is 5.32 Å². The lowest BCUT2D eigenvalue weighted by atomic mass is 9.77. The maximum absolute atomic E-state index is 13.3. The van der Waals surface area contributed by atoms with Gasteiger partial charge in [-0.25, -0.2) is 8.42 Å². The van der Waals surface area contributed by atoms with E-state index in [0.29, 0.717) is 29.7 Å². The molecule has 1 aliphatic carbocycles. The van der Waals surface area contributed by atoms with Gasteiger partial charge in [0.25, 0.3) is 0 Å². The van der Waals surface area contributed by atoms with Crippen LogP contribution in [0.5, 0.6) is 5.75 Å². The Morgan fingerprint density at radius 1 is 1.07 bits per heavy atom. The molecule has 2 heterocycles. The molecular weight excluding hydrogens is 396 g/mol. The number of nitrogens with zero attached hydrogens (tertiary/aromatic N) is 1. The fourth-order valence-corrected chi connectivity index (χ4v) is 6.67. The zero-order valence-corrected chi connectivity index (χ0v) is 18.0. The average molecular weight is 425 g/mol. The molecule has 0 spiro atoms. The van der Waals surface area contributed by atoms with Gasteiger partial charge in [0.05, 0.1) is 10.9 Å². The lowest BCUT2D eigenvalue weighted by Gasteiger charge is -2.38. The second-order valence-corrected chi connectivity index (χ2v) is 10.8. The fourth-order valence-electron chi connectivity index (χ4n) is 5.17. The second-order valence-electron chi connectivity index (χ2n) is 8.87. The predicted octanol–water partition coefficient (Wildman–Crippen LogP) is 4.64. The molecule has 5 rings (SSSR count). The number of benzene rings is 2. The van der Waals surface area contributed by atoms with E-state index in [1.165, 1.54) is 0 Å². The number of fused-ring (bicyclic) bond motifs is 3. The van der Waals surface area contributed by atoms with Gasteiger partial charge >= 0.3 is 0 Å². The molecule has 2 N–H and O–H groups in total. The molecule has 0 radical (unpaired) electrons. The highest BCUT2D eigenvalue weighted by Crippen LogP contribution is 2.51. The summed E-state index contributed by atoms with van der Waals surface area (Å²) in [6, 6.07) is 12.9. The first-order valence-corrected chi connectivity index (χ1v) is 12.2. The van der Waals surface area contributed by atoms with Gasteiger partial charge in [0.2, 0.25) is 10.0 Å². The molecule has 2 aromatic rings. The summed E-state index contributed by atoms with van der Waals surface area (Å²) in [6.45, 7) is 3.38. The summed E-state index contributed by atoms with van der Waals surface area (Å²) in [5.74, 6) is 1.27. The Morgan fingerprint density at radius 3 is 2.60 bits per heavy atom. The van der Waals surface area contributed by atoms with Gasteiger partial charge in [-0.2, -0.15) is 4.31 Å². The highest BCUT2D eigenvalue weighted by atomic mass is 32.2. The second kappa shape index (κ2) is 7.43. The van der Waals surface area contributed by atoms with E-state index >= 15 is 0 Å². The van der Waals surface area contributed by atoms with E-state index in [-0.39, 0.29) is 17.9 Å². The lowest BCUT2D eigenvalue weighted by molar-refractivity contribution is 0.288. The summed E-state index contributed by atoms with van der Waals surface area (Å²) in [5.41, 5.74) is 2.87. The molecule has 158 valence electrons. The van der Waals surface area contributed by atoms with Crippen molar-refractivity contribution in [1.29, 1.82) is 0 Å². The Balaban J connectivity index is 1.50. The van der Waals surface area contributed by atoms with Crippen LogP contribution in [-0.4, -0.2) is 30.9 Å². The Kier molecular flexibility index (Phi) is 4.86. The number of anilines is 1. The molecule has 30 heavy (non-hydrogen) atoms. The van der Waals surface area contributed by atoms with E-state index in [4.69, 9.17) is 0 Å². The zero-order valence-electron chi connectivity index (χ0n) is 17.2. The first-order valence-electron chi connectivity index (χ1n) is 10.8. The van der Waals surface area contributed by atoms with Crippen LogP contribution in [0.2, 0.25) is 0 Å². The van der Waals surface area contributed by atoms with Crippen LogP contribution in [-0.2, 0) is 10.0 Å². The minimum atomic E-state index is -3.48. The number of piperidine rings is 1. The van der Waals surface area contributed by atoms with Gasteiger partial charge < -0.3 is 10.4 Å². The van der Waals surface area contributed by atoms with Crippen LogP contribution in [0.1, 0.15) is 49.3 Å². The van der Waals surface area contributed by atoms with Crippen molar-refractivity contribution in [2.24, 2.45) is 11.8 Å². The van der Waals surface area contributed by atoms with Crippen LogP contribution in [0.25, 0.3) is 0 Å². The number of nitrogens with one attached hydrogen (secondary N) is 1. The van der Waals surface area contributed by atoms with E-state index in [2.05, 4.69) is 24.4 Å². The quantitative estimate of drug-likeness (QED) is 0.705. The van der Waals surface area contributed by atoms with Crippen LogP contribution >= 0.6 is 0 Å². The number of hydrogen-bond donors (Lipinski definition) is 2. The third-order valence-corrected chi connectivity index (χ3v) is 8.88. The topological polar surface area (TPSA) is 69.6 Å². The molecule has 5 nitrogen and oxygen atoms in total. The van der Waals surface area contributed by atoms with E-state index in [9.17, 15) is 13.5 Å². The Hall–Kier alpha value is -2.31. The normalized spacial score (nSPS) is 26.8. The van der Waals surface area contributed by atoms with Crippen LogP contribution in [0.15, 0.2) is 59.5 Å². The minimum Gasteiger partial charge on any atom is -0.508 e. The van der Waals surface area contributed by atoms with Crippen molar-refractivity contribution < 1.29 is 13.5 Å². The smallest absolute Gasteiger partial charge is 0.243 e. The first kappa shape index (κ1) is 19.6. The number of hydrogen-bond acceptors (Lipinski definition) is 4. The molecule has 2 aromatic carbocycles. The fraction of sp³-hybridized carbons (Fsp3) is 0.417. The lowest BCUT2D eigenvalue weighted by Crippen LogP contribution is -2.38. The van der Waals surface area contributed by atoms with Crippen LogP contribution in [0, 0.1) is 11.8 Å². The number of aromatic hydroxyl groups is 1. The average Bonchev–Trinajstić information content (AvgIpc) is 3.24. The maximum Gasteiger partial charge on any atom is 0.243 e. The Morgan fingerprint density at radius 2 is 1.83 bits per heavy atom. The molecular formula is C24H28N2O3S. The highest BCUT2D eigenvalue weighted by Gasteiger charge is 2.39. The molecule has 3 aliphatic rings. The van der Waals surface area contributed by atoms with Gasteiger partial charge in [-0.05, 0) is 60.9 Å². The van der Waals surface area contributed by atoms with Crippen molar-refractivity contribution in [2.75, 3.05) is 18.4 Å². The Labute approximate surface area is 178 Å². The summed E-state index contributed by atoms with van der Waals surface area (Å²) >= 11 is 0. The van der Waals surface area contributed by atoms with Crippen molar-refractivity contribution >= 4 is 15.7 Å². The summed E-state index contributed by atoms with van der Waals surface area (Å²) < 4.78 is 28.2. The van der Waals surface area contributed by atoms with Gasteiger partial charge in [0, 0.05) is 30.3 Å². The van der Waals surface area contributed by atoms with Crippen molar-refractivity contribution in [3.63, 3.8) is 0 Å². The van der Waals surface area contributed by atoms with E-state index < -0.39 is 10.0 Å². The first-order chi connectivity index (χ1) is 14.4. The SMILES string of the molecule is CC1CCN(S(=O)(=O)c2ccc3c(c2)C2C=CCC2C(c2ccccc2O)N3)CC1. The third-order valence-electron chi connectivity index (χ3n) is 6.99. The summed E-state index contributed by atoms with van der Waals surface area (Å²) in [4.78, 5) is 0.387. The highest BCUT2D eigenvalue weighted by molar-refractivity contribution is 7.89. The molecule has 2 aliphatic heterocycles. The van der Waals surface area contributed by atoms with Gasteiger partial charge in [0.1, 0.15) is 5.75 Å². The molecule has 3 unspecified atom stereocenters. The number of rotatable bonds is 3. The number of para-hydroxylation sites is 1. The number of sulfonamides is 1. The number of phenolic OH excluding ortho intramolecular Hbond substituents is 1. The molecule has 0 aromatic heterocycles. The van der Waals surface area contributed by atoms with Crippen molar-refractivity contribution in [1.82, 2.24) is 4.31 Å². The molecule has 6 heteroatoms. The predicted molar refractivity (Wildman–Crippen MR) is 118 cm³/mol. The molecule has 1 saturated heterocycles. The van der Waals surface area contributed by atoms with Crippen LogP contribution in [0.4, 0.5) is 5.69 Å². The molecule has 0 bridgehead atoms. The minimum absolute atomic E-state index is 0.00950. The molecule has 1 fully saturated rings. The van der Waals surface area contributed by atoms with E-state index in [1.807, 2.05) is 30.3 Å². The number of phenols is 1. The van der Waals surface area contributed by atoms with Gasteiger partial charge in [-0.3, -0.25) is 0 Å². The Bertz CT molecular complexity index is 1090. The zero-order chi connectivity index (χ0) is 20.9. The third kappa shape index (κ3) is 3.22. The molecule has 0 saturated carbocycles. The van der Waals surface area contributed by atoms with Crippen molar-refractivity contribution in [2.45, 2.75) is 43.0 Å². The van der Waals surface area contributed by atoms with Crippen molar-refractivity contribution in [3.8, 4) is 5.75 Å². The van der Waals surface area contributed by atoms with E-state index in [0.717, 1.165) is 36.1 Å². The number of allylic oxidation sites excluding steroid dienone is 2. The summed E-state index contributed by atoms with van der Waals surface area (Å²) in [6.07, 6.45) is 7.10. The monoisotopic (exact) mass is 424 g/mol. The van der Waals surface area contributed by atoms with Crippen LogP contribution in [0.3, 0.4) is 0 Å². The van der Waals surface area contributed by atoms with E-state index in [1.54, 1.807) is 16.4 Å². The molecule has 3 atom stereocenters. The van der Waals surface area contributed by atoms with Gasteiger partial charge in [-0.1, -0.05) is 37.3 Å². The standard InChI is InChI=1S/C24H28N2O3S/c1-16-11-13-26(14-12-16)30(28,29)17-9-10-22-21(15-17)18-6-4-7-19(18)24(25-22)20-5-2-3-8-23(20)27/h2-6,8-10,15-16,18-19,24-25,27H,7,11-14H2,1H3. The van der Waals surface area contributed by atoms with Crippen molar-refractivity contribution in [3.05, 3.63) is 65.7 Å².